The number of likely N-dealkylation sites (N-methyl/N-ethyl adjacent to an activating group) is 1. The number of benzene rings is 1. The van der Waals surface area contributed by atoms with E-state index in [2.05, 4.69) is 38.1 Å². The molecular formula is C16H26N2O. The van der Waals surface area contributed by atoms with Crippen molar-refractivity contribution in [3.63, 3.8) is 0 Å². The molecule has 0 heterocycles. The highest BCUT2D eigenvalue weighted by atomic mass is 16.2. The van der Waals surface area contributed by atoms with E-state index in [0.29, 0.717) is 6.54 Å². The maximum Gasteiger partial charge on any atom is 0.239 e. The summed E-state index contributed by atoms with van der Waals surface area (Å²) in [5.41, 5.74) is 8.38. The highest BCUT2D eigenvalue weighted by molar-refractivity contribution is 5.81. The SMILES string of the molecule is CCCC[C@H](N)C(=O)N(C)Cc1ccc(CC)cc1. The van der Waals surface area contributed by atoms with Crippen molar-refractivity contribution in [3.05, 3.63) is 35.4 Å². The number of carbonyl (C=O) groups is 1. The molecule has 0 unspecified atom stereocenters. The summed E-state index contributed by atoms with van der Waals surface area (Å²) >= 11 is 0. The molecule has 0 radical (unpaired) electrons. The molecular weight excluding hydrogens is 236 g/mol. The number of hydrogen-bond donors (Lipinski definition) is 1. The minimum absolute atomic E-state index is 0.0352. The summed E-state index contributed by atoms with van der Waals surface area (Å²) in [6.45, 7) is 4.87. The molecule has 0 aromatic heterocycles. The van der Waals surface area contributed by atoms with E-state index < -0.39 is 0 Å². The van der Waals surface area contributed by atoms with E-state index in [-0.39, 0.29) is 11.9 Å². The molecule has 1 rings (SSSR count). The Hall–Kier alpha value is -1.35. The summed E-state index contributed by atoms with van der Waals surface area (Å²) in [4.78, 5) is 13.8. The molecule has 3 heteroatoms. The lowest BCUT2D eigenvalue weighted by Crippen LogP contribution is -2.41. The first-order valence-electron chi connectivity index (χ1n) is 7.16. The fourth-order valence-electron chi connectivity index (χ4n) is 2.06. The van der Waals surface area contributed by atoms with Gasteiger partial charge in [0.05, 0.1) is 6.04 Å². The second-order valence-corrected chi connectivity index (χ2v) is 5.11. The van der Waals surface area contributed by atoms with Gasteiger partial charge in [0.2, 0.25) is 5.91 Å². The van der Waals surface area contributed by atoms with Crippen LogP contribution in [0.5, 0.6) is 0 Å². The lowest BCUT2D eigenvalue weighted by molar-refractivity contribution is -0.132. The normalized spacial score (nSPS) is 12.2. The van der Waals surface area contributed by atoms with Crippen molar-refractivity contribution in [2.75, 3.05) is 7.05 Å². The quantitative estimate of drug-likeness (QED) is 0.821. The van der Waals surface area contributed by atoms with Crippen LogP contribution in [0, 0.1) is 0 Å². The summed E-state index contributed by atoms with van der Waals surface area (Å²) in [6.07, 6.45) is 3.89. The van der Waals surface area contributed by atoms with E-state index in [1.54, 1.807) is 4.90 Å². The number of nitrogens with zero attached hydrogens (tertiary/aromatic N) is 1. The van der Waals surface area contributed by atoms with Crippen LogP contribution in [0.3, 0.4) is 0 Å². The second kappa shape index (κ2) is 7.95. The number of carbonyl (C=O) groups excluding carboxylic acids is 1. The van der Waals surface area contributed by atoms with Gasteiger partial charge in [0.25, 0.3) is 0 Å². The van der Waals surface area contributed by atoms with Crippen molar-refractivity contribution < 1.29 is 4.79 Å². The van der Waals surface area contributed by atoms with Crippen LogP contribution in [0.2, 0.25) is 0 Å². The maximum absolute atomic E-state index is 12.1. The average Bonchev–Trinajstić information content (AvgIpc) is 2.44. The number of hydrogen-bond acceptors (Lipinski definition) is 2. The molecule has 0 fully saturated rings. The van der Waals surface area contributed by atoms with Crippen molar-refractivity contribution in [2.24, 2.45) is 5.73 Å². The molecule has 1 aromatic carbocycles. The molecule has 1 amide bonds. The molecule has 0 saturated heterocycles. The van der Waals surface area contributed by atoms with Gasteiger partial charge in [0, 0.05) is 13.6 Å². The van der Waals surface area contributed by atoms with Gasteiger partial charge in [-0.1, -0.05) is 51.0 Å². The van der Waals surface area contributed by atoms with Crippen molar-refractivity contribution in [2.45, 2.75) is 52.1 Å². The minimum atomic E-state index is -0.361. The Morgan fingerprint density at radius 3 is 2.32 bits per heavy atom. The monoisotopic (exact) mass is 262 g/mol. The standard InChI is InChI=1S/C16H26N2O/c1-4-6-7-15(17)16(19)18(3)12-14-10-8-13(5-2)9-11-14/h8-11,15H,4-7,12,17H2,1-3H3/t15-/m0/s1. The van der Waals surface area contributed by atoms with Crippen LogP contribution in [0.15, 0.2) is 24.3 Å². The van der Waals surface area contributed by atoms with Crippen LogP contribution in [0.4, 0.5) is 0 Å². The molecule has 19 heavy (non-hydrogen) atoms. The second-order valence-electron chi connectivity index (χ2n) is 5.11. The first kappa shape index (κ1) is 15.7. The third kappa shape index (κ3) is 5.03. The number of amides is 1. The summed E-state index contributed by atoms with van der Waals surface area (Å²) < 4.78 is 0. The van der Waals surface area contributed by atoms with E-state index in [0.717, 1.165) is 31.2 Å². The van der Waals surface area contributed by atoms with Gasteiger partial charge in [0.15, 0.2) is 0 Å². The smallest absolute Gasteiger partial charge is 0.239 e. The Labute approximate surface area is 116 Å². The summed E-state index contributed by atoms with van der Waals surface area (Å²) in [5.74, 6) is 0.0352. The Balaban J connectivity index is 2.52. The van der Waals surface area contributed by atoms with Crippen LogP contribution < -0.4 is 5.73 Å². The zero-order valence-electron chi connectivity index (χ0n) is 12.4. The maximum atomic E-state index is 12.1. The first-order chi connectivity index (χ1) is 9.08. The molecule has 1 aromatic rings. The minimum Gasteiger partial charge on any atom is -0.340 e. The summed E-state index contributed by atoms with van der Waals surface area (Å²) in [7, 11) is 1.82. The van der Waals surface area contributed by atoms with Crippen molar-refractivity contribution in [1.82, 2.24) is 4.90 Å². The number of unbranched alkanes of at least 4 members (excludes halogenated alkanes) is 1. The predicted octanol–water partition coefficient (Wildman–Crippen LogP) is 2.72. The topological polar surface area (TPSA) is 46.3 Å². The molecule has 106 valence electrons. The van der Waals surface area contributed by atoms with Gasteiger partial charge in [-0.05, 0) is 24.0 Å². The highest BCUT2D eigenvalue weighted by Crippen LogP contribution is 2.09. The van der Waals surface area contributed by atoms with Crippen molar-refractivity contribution >= 4 is 5.91 Å². The lowest BCUT2D eigenvalue weighted by atomic mass is 10.1. The molecule has 2 N–H and O–H groups in total. The van der Waals surface area contributed by atoms with Crippen molar-refractivity contribution in [1.29, 1.82) is 0 Å². The van der Waals surface area contributed by atoms with Crippen LogP contribution in [-0.2, 0) is 17.8 Å². The van der Waals surface area contributed by atoms with E-state index in [1.807, 2.05) is 7.05 Å². The van der Waals surface area contributed by atoms with Gasteiger partial charge >= 0.3 is 0 Å². The van der Waals surface area contributed by atoms with E-state index >= 15 is 0 Å². The van der Waals surface area contributed by atoms with E-state index in [9.17, 15) is 4.79 Å². The van der Waals surface area contributed by atoms with Gasteiger partial charge < -0.3 is 10.6 Å². The molecule has 3 nitrogen and oxygen atoms in total. The Kier molecular flexibility index (Phi) is 6.57. The van der Waals surface area contributed by atoms with E-state index in [4.69, 9.17) is 5.73 Å². The Morgan fingerprint density at radius 1 is 1.21 bits per heavy atom. The number of nitrogens with two attached hydrogens (primary N) is 1. The Morgan fingerprint density at radius 2 is 1.79 bits per heavy atom. The third-order valence-electron chi connectivity index (χ3n) is 3.41. The number of aryl methyl sites for hydroxylation is 1. The van der Waals surface area contributed by atoms with Crippen LogP contribution in [0.25, 0.3) is 0 Å². The summed E-state index contributed by atoms with van der Waals surface area (Å²) in [5, 5.41) is 0. The first-order valence-corrected chi connectivity index (χ1v) is 7.16. The number of rotatable bonds is 7. The van der Waals surface area contributed by atoms with Crippen LogP contribution in [0.1, 0.15) is 44.2 Å². The highest BCUT2D eigenvalue weighted by Gasteiger charge is 2.17. The molecule has 0 aliphatic heterocycles. The lowest BCUT2D eigenvalue weighted by Gasteiger charge is -2.21. The van der Waals surface area contributed by atoms with E-state index in [1.165, 1.54) is 5.56 Å². The predicted molar refractivity (Wildman–Crippen MR) is 79.8 cm³/mol. The average molecular weight is 262 g/mol. The molecule has 0 spiro atoms. The largest absolute Gasteiger partial charge is 0.340 e. The van der Waals surface area contributed by atoms with Crippen LogP contribution >= 0.6 is 0 Å². The Bertz CT molecular complexity index is 386. The third-order valence-corrected chi connectivity index (χ3v) is 3.41. The van der Waals surface area contributed by atoms with Gasteiger partial charge in [0.1, 0.15) is 0 Å². The van der Waals surface area contributed by atoms with Gasteiger partial charge in [-0.2, -0.15) is 0 Å². The van der Waals surface area contributed by atoms with Gasteiger partial charge in [-0.15, -0.1) is 0 Å². The molecule has 1 atom stereocenters. The summed E-state index contributed by atoms with van der Waals surface area (Å²) in [6, 6.07) is 8.04. The molecule has 0 aliphatic rings. The fraction of sp³-hybridized carbons (Fsp3) is 0.562. The van der Waals surface area contributed by atoms with Gasteiger partial charge in [-0.3, -0.25) is 4.79 Å². The fourth-order valence-corrected chi connectivity index (χ4v) is 2.06. The zero-order chi connectivity index (χ0) is 14.3. The zero-order valence-corrected chi connectivity index (χ0v) is 12.4. The molecule has 0 saturated carbocycles. The van der Waals surface area contributed by atoms with Gasteiger partial charge in [-0.25, -0.2) is 0 Å². The molecule has 0 bridgehead atoms. The molecule has 0 aliphatic carbocycles. The van der Waals surface area contributed by atoms with Crippen LogP contribution in [-0.4, -0.2) is 23.9 Å². The van der Waals surface area contributed by atoms with Crippen molar-refractivity contribution in [3.8, 4) is 0 Å².